The molecule has 3 rings (SSSR count). The number of aryl methyl sites for hydroxylation is 1. The van der Waals surface area contributed by atoms with Crippen LogP contribution in [0.1, 0.15) is 23.7 Å². The number of benzene rings is 2. The fourth-order valence-electron chi connectivity index (χ4n) is 2.56. The normalized spacial score (nSPS) is 10.4. The summed E-state index contributed by atoms with van der Waals surface area (Å²) in [5.41, 5.74) is 3.75. The van der Waals surface area contributed by atoms with Crippen LogP contribution < -0.4 is 4.90 Å². The van der Waals surface area contributed by atoms with Gasteiger partial charge < -0.3 is 4.90 Å². The van der Waals surface area contributed by atoms with E-state index in [0.29, 0.717) is 17.8 Å². The number of nitrogens with one attached hydrogen (secondary N) is 1. The number of nitrogens with zero attached hydrogens (tertiary/aromatic N) is 3. The Labute approximate surface area is 140 Å². The maximum Gasteiger partial charge on any atom is 0.146 e. The van der Waals surface area contributed by atoms with Gasteiger partial charge in [0.05, 0.1) is 29.6 Å². The molecule has 0 spiro atoms. The van der Waals surface area contributed by atoms with Crippen LogP contribution in [0.5, 0.6) is 0 Å². The Morgan fingerprint density at radius 2 is 1.96 bits per heavy atom. The predicted molar refractivity (Wildman–Crippen MR) is 91.4 cm³/mol. The van der Waals surface area contributed by atoms with Gasteiger partial charge >= 0.3 is 0 Å². The Morgan fingerprint density at radius 3 is 2.58 bits per heavy atom. The van der Waals surface area contributed by atoms with Crippen molar-refractivity contribution in [1.29, 1.82) is 5.26 Å². The predicted octanol–water partition coefficient (Wildman–Crippen LogP) is 4.32. The van der Waals surface area contributed by atoms with E-state index >= 15 is 0 Å². The van der Waals surface area contributed by atoms with Gasteiger partial charge in [0.15, 0.2) is 0 Å². The second kappa shape index (κ2) is 6.97. The standard InChI is InChI=1S/C19H17FN4/c1-2-14-5-8-18(20)19(11-14)24(13-16-9-10-22-23-16)17-6-3-15(12-21)4-7-17/h3-11H,2,13H2,1H3,(H,22,23). The van der Waals surface area contributed by atoms with Crippen molar-refractivity contribution in [2.75, 3.05) is 4.90 Å². The van der Waals surface area contributed by atoms with Crippen molar-refractivity contribution in [3.05, 3.63) is 77.4 Å². The topological polar surface area (TPSA) is 55.7 Å². The lowest BCUT2D eigenvalue weighted by atomic mass is 10.1. The van der Waals surface area contributed by atoms with E-state index in [9.17, 15) is 4.39 Å². The zero-order chi connectivity index (χ0) is 16.9. The highest BCUT2D eigenvalue weighted by Crippen LogP contribution is 2.30. The Balaban J connectivity index is 2.05. The average molecular weight is 320 g/mol. The van der Waals surface area contributed by atoms with Gasteiger partial charge in [0.1, 0.15) is 5.82 Å². The number of anilines is 2. The van der Waals surface area contributed by atoms with E-state index in [1.807, 2.05) is 36.1 Å². The first-order valence-corrected chi connectivity index (χ1v) is 7.76. The fourth-order valence-corrected chi connectivity index (χ4v) is 2.56. The van der Waals surface area contributed by atoms with Crippen LogP contribution in [-0.4, -0.2) is 10.2 Å². The maximum atomic E-state index is 14.5. The summed E-state index contributed by atoms with van der Waals surface area (Å²) in [6, 6.07) is 16.2. The Bertz CT molecular complexity index is 848. The van der Waals surface area contributed by atoms with Crippen molar-refractivity contribution in [2.45, 2.75) is 19.9 Å². The number of hydrogen-bond acceptors (Lipinski definition) is 3. The summed E-state index contributed by atoms with van der Waals surface area (Å²) in [5.74, 6) is -0.285. The van der Waals surface area contributed by atoms with Gasteiger partial charge in [-0.05, 0) is 54.4 Å². The molecule has 1 heterocycles. The molecule has 120 valence electrons. The van der Waals surface area contributed by atoms with Crippen LogP contribution in [0.25, 0.3) is 0 Å². The molecule has 0 fully saturated rings. The van der Waals surface area contributed by atoms with Gasteiger partial charge in [0, 0.05) is 11.9 Å². The summed E-state index contributed by atoms with van der Waals surface area (Å²) >= 11 is 0. The second-order valence-electron chi connectivity index (χ2n) is 5.45. The van der Waals surface area contributed by atoms with Gasteiger partial charge in [-0.25, -0.2) is 4.39 Å². The molecule has 3 aromatic rings. The number of nitriles is 1. The average Bonchev–Trinajstić information content (AvgIpc) is 3.14. The molecule has 0 unspecified atom stereocenters. The van der Waals surface area contributed by atoms with Crippen molar-refractivity contribution < 1.29 is 4.39 Å². The number of hydrogen-bond donors (Lipinski definition) is 1. The summed E-state index contributed by atoms with van der Waals surface area (Å²) in [4.78, 5) is 1.87. The monoisotopic (exact) mass is 320 g/mol. The van der Waals surface area contributed by atoms with Crippen LogP contribution in [0.3, 0.4) is 0 Å². The van der Waals surface area contributed by atoms with Crippen molar-refractivity contribution in [3.63, 3.8) is 0 Å². The lowest BCUT2D eigenvalue weighted by molar-refractivity contribution is 0.623. The van der Waals surface area contributed by atoms with Crippen LogP contribution in [0.2, 0.25) is 0 Å². The first-order valence-electron chi connectivity index (χ1n) is 7.76. The highest BCUT2D eigenvalue weighted by molar-refractivity contribution is 5.65. The van der Waals surface area contributed by atoms with Crippen LogP contribution >= 0.6 is 0 Å². The fraction of sp³-hybridized carbons (Fsp3) is 0.158. The summed E-state index contributed by atoms with van der Waals surface area (Å²) in [6.45, 7) is 2.47. The van der Waals surface area contributed by atoms with E-state index in [1.54, 1.807) is 24.4 Å². The molecule has 1 aromatic heterocycles. The van der Waals surface area contributed by atoms with Crippen molar-refractivity contribution in [1.82, 2.24) is 10.2 Å². The van der Waals surface area contributed by atoms with Gasteiger partial charge in [-0.15, -0.1) is 0 Å². The third-order valence-corrected chi connectivity index (χ3v) is 3.90. The molecular weight excluding hydrogens is 303 g/mol. The molecule has 2 aromatic carbocycles. The quantitative estimate of drug-likeness (QED) is 0.761. The third-order valence-electron chi connectivity index (χ3n) is 3.90. The van der Waals surface area contributed by atoms with Gasteiger partial charge in [0.2, 0.25) is 0 Å². The zero-order valence-electron chi connectivity index (χ0n) is 13.3. The molecule has 1 N–H and O–H groups in total. The van der Waals surface area contributed by atoms with Gasteiger partial charge in [-0.3, -0.25) is 5.10 Å². The lowest BCUT2D eigenvalue weighted by Gasteiger charge is -2.25. The SMILES string of the molecule is CCc1ccc(F)c(N(Cc2cc[nH]n2)c2ccc(C#N)cc2)c1. The maximum absolute atomic E-state index is 14.5. The summed E-state index contributed by atoms with van der Waals surface area (Å²) in [5, 5.41) is 15.9. The largest absolute Gasteiger partial charge is 0.333 e. The van der Waals surface area contributed by atoms with E-state index in [1.165, 1.54) is 6.07 Å². The molecule has 4 nitrogen and oxygen atoms in total. The highest BCUT2D eigenvalue weighted by atomic mass is 19.1. The van der Waals surface area contributed by atoms with Gasteiger partial charge in [-0.2, -0.15) is 10.4 Å². The van der Waals surface area contributed by atoms with E-state index < -0.39 is 0 Å². The van der Waals surface area contributed by atoms with E-state index in [-0.39, 0.29) is 5.82 Å². The second-order valence-corrected chi connectivity index (χ2v) is 5.45. The Hall–Kier alpha value is -3.13. The molecule has 24 heavy (non-hydrogen) atoms. The van der Waals surface area contributed by atoms with E-state index in [0.717, 1.165) is 23.4 Å². The minimum Gasteiger partial charge on any atom is -0.333 e. The third kappa shape index (κ3) is 3.28. The molecule has 0 saturated carbocycles. The zero-order valence-corrected chi connectivity index (χ0v) is 13.3. The number of aromatic amines is 1. The number of halogens is 1. The summed E-state index contributed by atoms with van der Waals surface area (Å²) in [7, 11) is 0. The number of rotatable bonds is 5. The molecule has 0 atom stereocenters. The molecule has 0 bridgehead atoms. The van der Waals surface area contributed by atoms with Crippen LogP contribution in [0.4, 0.5) is 15.8 Å². The number of H-pyrrole nitrogens is 1. The minimum absolute atomic E-state index is 0.285. The lowest BCUT2D eigenvalue weighted by Crippen LogP contribution is -2.18. The summed E-state index contributed by atoms with van der Waals surface area (Å²) < 4.78 is 14.5. The van der Waals surface area contributed by atoms with Crippen LogP contribution in [0.15, 0.2) is 54.7 Å². The highest BCUT2D eigenvalue weighted by Gasteiger charge is 2.16. The first kappa shape index (κ1) is 15.8. The molecule has 5 heteroatoms. The van der Waals surface area contributed by atoms with Crippen molar-refractivity contribution >= 4 is 11.4 Å². The molecule has 0 aliphatic rings. The van der Waals surface area contributed by atoms with Crippen LogP contribution in [-0.2, 0) is 13.0 Å². The van der Waals surface area contributed by atoms with Crippen LogP contribution in [0, 0.1) is 17.1 Å². The van der Waals surface area contributed by atoms with Crippen molar-refractivity contribution in [3.8, 4) is 6.07 Å². The Kier molecular flexibility index (Phi) is 4.57. The first-order chi connectivity index (χ1) is 11.7. The smallest absolute Gasteiger partial charge is 0.146 e. The Morgan fingerprint density at radius 1 is 1.17 bits per heavy atom. The molecule has 0 aliphatic heterocycles. The van der Waals surface area contributed by atoms with E-state index in [4.69, 9.17) is 5.26 Å². The summed E-state index contributed by atoms with van der Waals surface area (Å²) in [6.07, 6.45) is 2.57. The number of aromatic nitrogens is 2. The molecule has 0 saturated heterocycles. The molecule has 0 radical (unpaired) electrons. The van der Waals surface area contributed by atoms with Gasteiger partial charge in [0.25, 0.3) is 0 Å². The van der Waals surface area contributed by atoms with Gasteiger partial charge in [-0.1, -0.05) is 13.0 Å². The van der Waals surface area contributed by atoms with Crippen molar-refractivity contribution in [2.24, 2.45) is 0 Å². The van der Waals surface area contributed by atoms with E-state index in [2.05, 4.69) is 16.3 Å². The molecule has 0 aliphatic carbocycles. The minimum atomic E-state index is -0.285. The molecular formula is C19H17FN4. The molecule has 0 amide bonds.